The SMILES string of the molecule is CC1C2CC(CC2C(N)=O)C1(C)C. The van der Waals surface area contributed by atoms with Crippen molar-refractivity contribution in [2.75, 3.05) is 0 Å². The summed E-state index contributed by atoms with van der Waals surface area (Å²) >= 11 is 0. The van der Waals surface area contributed by atoms with Crippen molar-refractivity contribution in [1.82, 2.24) is 0 Å². The van der Waals surface area contributed by atoms with Gasteiger partial charge in [-0.25, -0.2) is 0 Å². The van der Waals surface area contributed by atoms with Crippen molar-refractivity contribution in [3.8, 4) is 0 Å². The maximum absolute atomic E-state index is 11.2. The molecule has 2 aliphatic rings. The third-order valence-electron chi connectivity index (χ3n) is 4.85. The molecule has 1 amide bonds. The lowest BCUT2D eigenvalue weighted by Gasteiger charge is -2.38. The van der Waals surface area contributed by atoms with Crippen molar-refractivity contribution in [3.05, 3.63) is 0 Å². The summed E-state index contributed by atoms with van der Waals surface area (Å²) in [4.78, 5) is 11.2. The normalized spacial score (nSPS) is 46.7. The Balaban J connectivity index is 2.22. The number of hydrogen-bond acceptors (Lipinski definition) is 1. The summed E-state index contributed by atoms with van der Waals surface area (Å²) in [5.74, 6) is 2.05. The molecule has 2 rings (SSSR count). The second-order valence-electron chi connectivity index (χ2n) is 5.45. The van der Waals surface area contributed by atoms with Crippen LogP contribution in [0, 0.1) is 29.1 Å². The van der Waals surface area contributed by atoms with E-state index in [1.807, 2.05) is 0 Å². The van der Waals surface area contributed by atoms with Gasteiger partial charge >= 0.3 is 0 Å². The topological polar surface area (TPSA) is 43.1 Å². The summed E-state index contributed by atoms with van der Waals surface area (Å²) in [6, 6.07) is 0. The van der Waals surface area contributed by atoms with Crippen LogP contribution in [-0.4, -0.2) is 5.91 Å². The van der Waals surface area contributed by atoms with Crippen molar-refractivity contribution in [2.45, 2.75) is 33.6 Å². The predicted molar refractivity (Wildman–Crippen MR) is 51.8 cm³/mol. The van der Waals surface area contributed by atoms with E-state index in [0.29, 0.717) is 17.3 Å². The number of amides is 1. The number of rotatable bonds is 1. The largest absolute Gasteiger partial charge is 0.369 e. The van der Waals surface area contributed by atoms with Gasteiger partial charge in [-0.1, -0.05) is 20.8 Å². The summed E-state index contributed by atoms with van der Waals surface area (Å²) in [5.41, 5.74) is 5.82. The van der Waals surface area contributed by atoms with Gasteiger partial charge in [0.1, 0.15) is 0 Å². The lowest BCUT2D eigenvalue weighted by molar-refractivity contribution is -0.124. The minimum atomic E-state index is -0.0742. The Bertz CT molecular complexity index is 242. The number of primary amides is 1. The zero-order chi connectivity index (χ0) is 9.80. The Morgan fingerprint density at radius 2 is 2.00 bits per heavy atom. The van der Waals surface area contributed by atoms with Gasteiger partial charge in [-0.3, -0.25) is 4.79 Å². The maximum atomic E-state index is 11.2. The van der Waals surface area contributed by atoms with Crippen LogP contribution in [0.3, 0.4) is 0 Å². The van der Waals surface area contributed by atoms with E-state index in [9.17, 15) is 4.79 Å². The molecule has 0 saturated heterocycles. The minimum Gasteiger partial charge on any atom is -0.369 e. The third-order valence-corrected chi connectivity index (χ3v) is 4.85. The van der Waals surface area contributed by atoms with E-state index in [2.05, 4.69) is 20.8 Å². The number of hydrogen-bond donors (Lipinski definition) is 1. The van der Waals surface area contributed by atoms with Gasteiger partial charge < -0.3 is 5.73 Å². The zero-order valence-electron chi connectivity index (χ0n) is 8.71. The highest BCUT2D eigenvalue weighted by molar-refractivity contribution is 5.77. The molecule has 2 heteroatoms. The maximum Gasteiger partial charge on any atom is 0.220 e. The molecule has 2 bridgehead atoms. The van der Waals surface area contributed by atoms with Crippen LogP contribution >= 0.6 is 0 Å². The zero-order valence-corrected chi connectivity index (χ0v) is 8.71. The molecular weight excluding hydrogens is 162 g/mol. The fraction of sp³-hybridized carbons (Fsp3) is 0.909. The standard InChI is InChI=1S/C11H19NO/c1-6-8-4-7(11(6,2)3)5-9(8)10(12)13/h6-9H,4-5H2,1-3H3,(H2,12,13). The van der Waals surface area contributed by atoms with E-state index in [1.54, 1.807) is 0 Å². The first-order valence-corrected chi connectivity index (χ1v) is 5.24. The van der Waals surface area contributed by atoms with Crippen LogP contribution in [0.1, 0.15) is 33.6 Å². The summed E-state index contributed by atoms with van der Waals surface area (Å²) in [6.07, 6.45) is 2.26. The first-order valence-electron chi connectivity index (χ1n) is 5.24. The lowest BCUT2D eigenvalue weighted by atomic mass is 9.66. The van der Waals surface area contributed by atoms with Crippen LogP contribution in [0.4, 0.5) is 0 Å². The van der Waals surface area contributed by atoms with Crippen molar-refractivity contribution in [2.24, 2.45) is 34.8 Å². The summed E-state index contributed by atoms with van der Waals surface area (Å²) in [6.45, 7) is 6.94. The molecule has 0 heterocycles. The van der Waals surface area contributed by atoms with Gasteiger partial charge in [-0.15, -0.1) is 0 Å². The second kappa shape index (κ2) is 2.49. The quantitative estimate of drug-likeness (QED) is 0.658. The van der Waals surface area contributed by atoms with E-state index < -0.39 is 0 Å². The lowest BCUT2D eigenvalue weighted by Crippen LogP contribution is -2.38. The fourth-order valence-electron chi connectivity index (χ4n) is 3.48. The molecule has 2 fully saturated rings. The molecule has 0 aliphatic heterocycles. The molecule has 0 aromatic rings. The van der Waals surface area contributed by atoms with Crippen LogP contribution in [0.5, 0.6) is 0 Å². The molecule has 2 aliphatic carbocycles. The number of fused-ring (bicyclic) bond motifs is 2. The summed E-state index contributed by atoms with van der Waals surface area (Å²) in [7, 11) is 0. The molecule has 2 N–H and O–H groups in total. The molecule has 74 valence electrons. The molecule has 2 nitrogen and oxygen atoms in total. The van der Waals surface area contributed by atoms with Crippen LogP contribution in [0.15, 0.2) is 0 Å². The van der Waals surface area contributed by atoms with Crippen LogP contribution in [0.25, 0.3) is 0 Å². The first kappa shape index (κ1) is 9.04. The van der Waals surface area contributed by atoms with Gasteiger partial charge in [0.25, 0.3) is 0 Å². The Morgan fingerprint density at radius 1 is 1.38 bits per heavy atom. The van der Waals surface area contributed by atoms with E-state index in [0.717, 1.165) is 12.3 Å². The smallest absolute Gasteiger partial charge is 0.220 e. The Hall–Kier alpha value is -0.530. The van der Waals surface area contributed by atoms with Gasteiger partial charge in [0.2, 0.25) is 5.91 Å². The molecule has 0 radical (unpaired) electrons. The van der Waals surface area contributed by atoms with Crippen molar-refractivity contribution in [1.29, 1.82) is 0 Å². The number of carbonyl (C=O) groups is 1. The number of carbonyl (C=O) groups excluding carboxylic acids is 1. The molecule has 13 heavy (non-hydrogen) atoms. The predicted octanol–water partition coefficient (Wildman–Crippen LogP) is 1.79. The minimum absolute atomic E-state index is 0.0742. The Morgan fingerprint density at radius 3 is 2.38 bits per heavy atom. The van der Waals surface area contributed by atoms with E-state index in [4.69, 9.17) is 5.73 Å². The molecule has 0 spiro atoms. The van der Waals surface area contributed by atoms with Crippen molar-refractivity contribution < 1.29 is 4.79 Å². The van der Waals surface area contributed by atoms with Gasteiger partial charge in [0, 0.05) is 5.92 Å². The summed E-state index contributed by atoms with van der Waals surface area (Å²) in [5, 5.41) is 0. The highest BCUT2D eigenvalue weighted by atomic mass is 16.1. The second-order valence-corrected chi connectivity index (χ2v) is 5.45. The van der Waals surface area contributed by atoms with Gasteiger partial charge in [0.05, 0.1) is 0 Å². The molecule has 2 saturated carbocycles. The highest BCUT2D eigenvalue weighted by Crippen LogP contribution is 2.61. The van der Waals surface area contributed by atoms with Crippen LogP contribution in [0.2, 0.25) is 0 Å². The third kappa shape index (κ3) is 1.04. The van der Waals surface area contributed by atoms with Crippen LogP contribution in [-0.2, 0) is 4.79 Å². The summed E-state index contributed by atoms with van der Waals surface area (Å²) < 4.78 is 0. The van der Waals surface area contributed by atoms with Crippen molar-refractivity contribution >= 4 is 5.91 Å². The van der Waals surface area contributed by atoms with Crippen LogP contribution < -0.4 is 5.73 Å². The van der Waals surface area contributed by atoms with Gasteiger partial charge in [-0.05, 0) is 36.0 Å². The van der Waals surface area contributed by atoms with E-state index in [-0.39, 0.29) is 11.8 Å². The molecular formula is C11H19NO. The molecule has 4 atom stereocenters. The van der Waals surface area contributed by atoms with Crippen molar-refractivity contribution in [3.63, 3.8) is 0 Å². The number of nitrogens with two attached hydrogens (primary N) is 1. The fourth-order valence-corrected chi connectivity index (χ4v) is 3.48. The monoisotopic (exact) mass is 181 g/mol. The van der Waals surface area contributed by atoms with E-state index in [1.165, 1.54) is 6.42 Å². The van der Waals surface area contributed by atoms with E-state index >= 15 is 0 Å². The highest BCUT2D eigenvalue weighted by Gasteiger charge is 2.56. The molecule has 4 unspecified atom stereocenters. The average Bonchev–Trinajstić information content (AvgIpc) is 2.52. The Labute approximate surface area is 79.9 Å². The molecule has 0 aromatic heterocycles. The van der Waals surface area contributed by atoms with Gasteiger partial charge in [-0.2, -0.15) is 0 Å². The molecule has 0 aromatic carbocycles. The Kier molecular flexibility index (Phi) is 1.73. The first-order chi connectivity index (χ1) is 5.94. The van der Waals surface area contributed by atoms with Gasteiger partial charge in [0.15, 0.2) is 0 Å². The average molecular weight is 181 g/mol.